The van der Waals surface area contributed by atoms with Gasteiger partial charge < -0.3 is 9.47 Å². The summed E-state index contributed by atoms with van der Waals surface area (Å²) in [5.41, 5.74) is 0. The minimum absolute atomic E-state index is 0.0523. The van der Waals surface area contributed by atoms with Gasteiger partial charge in [-0.15, -0.1) is 0 Å². The van der Waals surface area contributed by atoms with Crippen molar-refractivity contribution in [1.29, 1.82) is 0 Å². The van der Waals surface area contributed by atoms with E-state index < -0.39 is 24.4 Å². The zero-order valence-corrected chi connectivity index (χ0v) is 8.09. The highest BCUT2D eigenvalue weighted by atomic mass is 19.3. The topological polar surface area (TPSA) is 35.5 Å². The number of rotatable bonds is 3. The predicted octanol–water partition coefficient (Wildman–Crippen LogP) is 1.61. The van der Waals surface area contributed by atoms with Crippen LogP contribution in [0.4, 0.5) is 8.78 Å². The van der Waals surface area contributed by atoms with Gasteiger partial charge in [0.15, 0.2) is 0 Å². The molecule has 0 spiro atoms. The van der Waals surface area contributed by atoms with Crippen molar-refractivity contribution in [2.75, 3.05) is 20.3 Å². The molecule has 0 bridgehead atoms. The standard InChI is InChI=1S/C9H14F2O3/c1-13-8(12)3-2-7-4-5-14-6-9(7,10)11/h7H,2-6H2,1H3. The van der Waals surface area contributed by atoms with Crippen molar-refractivity contribution in [3.05, 3.63) is 0 Å². The van der Waals surface area contributed by atoms with E-state index in [1.165, 1.54) is 7.11 Å². The summed E-state index contributed by atoms with van der Waals surface area (Å²) < 4.78 is 35.4. The van der Waals surface area contributed by atoms with Gasteiger partial charge in [-0.25, -0.2) is 8.78 Å². The lowest BCUT2D eigenvalue weighted by molar-refractivity contribution is -0.160. The molecular weight excluding hydrogens is 194 g/mol. The normalized spacial score (nSPS) is 25.8. The number of esters is 1. The van der Waals surface area contributed by atoms with Gasteiger partial charge in [0.2, 0.25) is 0 Å². The first kappa shape index (κ1) is 11.4. The van der Waals surface area contributed by atoms with Gasteiger partial charge in [0.1, 0.15) is 6.61 Å². The van der Waals surface area contributed by atoms with Crippen LogP contribution in [-0.4, -0.2) is 32.2 Å². The Hall–Kier alpha value is -0.710. The molecule has 0 aromatic rings. The molecule has 3 nitrogen and oxygen atoms in total. The van der Waals surface area contributed by atoms with Crippen LogP contribution in [0, 0.1) is 5.92 Å². The third kappa shape index (κ3) is 2.90. The van der Waals surface area contributed by atoms with Gasteiger partial charge in [0, 0.05) is 18.9 Å². The number of hydrogen-bond acceptors (Lipinski definition) is 3. The molecule has 82 valence electrons. The molecule has 0 saturated carbocycles. The Morgan fingerprint density at radius 1 is 1.64 bits per heavy atom. The molecule has 1 aliphatic rings. The van der Waals surface area contributed by atoms with Crippen molar-refractivity contribution < 1.29 is 23.0 Å². The lowest BCUT2D eigenvalue weighted by atomic mass is 9.91. The van der Waals surface area contributed by atoms with Gasteiger partial charge in [-0.05, 0) is 12.8 Å². The van der Waals surface area contributed by atoms with Gasteiger partial charge in [-0.3, -0.25) is 4.79 Å². The SMILES string of the molecule is COC(=O)CCC1CCOCC1(F)F. The summed E-state index contributed by atoms with van der Waals surface area (Å²) in [5, 5.41) is 0. The molecular formula is C9H14F2O3. The lowest BCUT2D eigenvalue weighted by Gasteiger charge is -2.30. The van der Waals surface area contributed by atoms with E-state index in [-0.39, 0.29) is 12.8 Å². The lowest BCUT2D eigenvalue weighted by Crippen LogP contribution is -2.39. The van der Waals surface area contributed by atoms with E-state index in [9.17, 15) is 13.6 Å². The maximum Gasteiger partial charge on any atom is 0.305 e. The summed E-state index contributed by atoms with van der Waals surface area (Å²) >= 11 is 0. The summed E-state index contributed by atoms with van der Waals surface area (Å²) in [6, 6.07) is 0. The summed E-state index contributed by atoms with van der Waals surface area (Å²) in [5.74, 6) is -3.99. The average molecular weight is 208 g/mol. The molecule has 0 aliphatic carbocycles. The van der Waals surface area contributed by atoms with E-state index in [0.717, 1.165) is 0 Å². The number of carbonyl (C=O) groups is 1. The fourth-order valence-corrected chi connectivity index (χ4v) is 1.51. The second kappa shape index (κ2) is 4.68. The average Bonchev–Trinajstić information content (AvgIpc) is 2.15. The Bertz CT molecular complexity index is 206. The third-order valence-electron chi connectivity index (χ3n) is 2.43. The van der Waals surface area contributed by atoms with Crippen molar-refractivity contribution in [3.8, 4) is 0 Å². The first-order chi connectivity index (χ1) is 6.56. The number of methoxy groups -OCH3 is 1. The molecule has 5 heteroatoms. The van der Waals surface area contributed by atoms with Crippen LogP contribution in [-0.2, 0) is 14.3 Å². The number of ether oxygens (including phenoxy) is 2. The predicted molar refractivity (Wildman–Crippen MR) is 45.1 cm³/mol. The van der Waals surface area contributed by atoms with Crippen molar-refractivity contribution in [3.63, 3.8) is 0 Å². The van der Waals surface area contributed by atoms with Crippen LogP contribution in [0.2, 0.25) is 0 Å². The molecule has 0 radical (unpaired) electrons. The number of alkyl halides is 2. The number of hydrogen-bond donors (Lipinski definition) is 0. The molecule has 1 aliphatic heterocycles. The van der Waals surface area contributed by atoms with Crippen LogP contribution >= 0.6 is 0 Å². The van der Waals surface area contributed by atoms with Gasteiger partial charge in [0.25, 0.3) is 5.92 Å². The first-order valence-electron chi connectivity index (χ1n) is 4.58. The van der Waals surface area contributed by atoms with Crippen LogP contribution in [0.3, 0.4) is 0 Å². The highest BCUT2D eigenvalue weighted by Gasteiger charge is 2.42. The van der Waals surface area contributed by atoms with E-state index in [0.29, 0.717) is 13.0 Å². The Morgan fingerprint density at radius 3 is 2.93 bits per heavy atom. The Morgan fingerprint density at radius 2 is 2.36 bits per heavy atom. The van der Waals surface area contributed by atoms with Crippen LogP contribution < -0.4 is 0 Å². The smallest absolute Gasteiger partial charge is 0.305 e. The monoisotopic (exact) mass is 208 g/mol. The van der Waals surface area contributed by atoms with E-state index in [1.807, 2.05) is 0 Å². The fourth-order valence-electron chi connectivity index (χ4n) is 1.51. The highest BCUT2D eigenvalue weighted by molar-refractivity contribution is 5.69. The van der Waals surface area contributed by atoms with Gasteiger partial charge in [-0.1, -0.05) is 0 Å². The molecule has 1 rings (SSSR count). The Labute approximate surface area is 81.4 Å². The van der Waals surface area contributed by atoms with Crippen LogP contribution in [0.25, 0.3) is 0 Å². The second-order valence-electron chi connectivity index (χ2n) is 3.41. The first-order valence-corrected chi connectivity index (χ1v) is 4.58. The molecule has 0 amide bonds. The van der Waals surface area contributed by atoms with E-state index >= 15 is 0 Å². The Balaban J connectivity index is 2.38. The minimum Gasteiger partial charge on any atom is -0.469 e. The van der Waals surface area contributed by atoms with E-state index in [4.69, 9.17) is 0 Å². The molecule has 0 aromatic carbocycles. The molecule has 14 heavy (non-hydrogen) atoms. The quantitative estimate of drug-likeness (QED) is 0.661. The van der Waals surface area contributed by atoms with Crippen molar-refractivity contribution in [1.82, 2.24) is 0 Å². The Kier molecular flexibility index (Phi) is 3.80. The molecule has 0 aromatic heterocycles. The van der Waals surface area contributed by atoms with E-state index in [1.54, 1.807) is 0 Å². The van der Waals surface area contributed by atoms with E-state index in [2.05, 4.69) is 9.47 Å². The summed E-state index contributed by atoms with van der Waals surface area (Å²) in [4.78, 5) is 10.8. The van der Waals surface area contributed by atoms with Crippen LogP contribution in [0.15, 0.2) is 0 Å². The van der Waals surface area contributed by atoms with Gasteiger partial charge >= 0.3 is 5.97 Å². The van der Waals surface area contributed by atoms with Gasteiger partial charge in [0.05, 0.1) is 7.11 Å². The highest BCUT2D eigenvalue weighted by Crippen LogP contribution is 2.34. The molecule has 1 unspecified atom stereocenters. The minimum atomic E-state index is -2.80. The van der Waals surface area contributed by atoms with Crippen LogP contribution in [0.5, 0.6) is 0 Å². The maximum atomic E-state index is 13.1. The molecule has 0 N–H and O–H groups in total. The molecule has 1 saturated heterocycles. The zero-order valence-electron chi connectivity index (χ0n) is 8.09. The van der Waals surface area contributed by atoms with Crippen molar-refractivity contribution >= 4 is 5.97 Å². The maximum absolute atomic E-state index is 13.1. The zero-order chi connectivity index (χ0) is 10.6. The summed E-state index contributed by atoms with van der Waals surface area (Å²) in [6.45, 7) is -0.180. The number of carbonyl (C=O) groups excluding carboxylic acids is 1. The van der Waals surface area contributed by atoms with Crippen molar-refractivity contribution in [2.45, 2.75) is 25.2 Å². The summed E-state index contributed by atoms with van der Waals surface area (Å²) in [6.07, 6.45) is 0.532. The molecule has 1 heterocycles. The fraction of sp³-hybridized carbons (Fsp3) is 0.889. The second-order valence-corrected chi connectivity index (χ2v) is 3.41. The molecule has 1 fully saturated rings. The van der Waals surface area contributed by atoms with Crippen molar-refractivity contribution in [2.24, 2.45) is 5.92 Å². The third-order valence-corrected chi connectivity index (χ3v) is 2.43. The summed E-state index contributed by atoms with van der Waals surface area (Å²) in [7, 11) is 1.25. The molecule has 1 atom stereocenters. The largest absolute Gasteiger partial charge is 0.469 e. The number of halogens is 2. The van der Waals surface area contributed by atoms with Crippen LogP contribution in [0.1, 0.15) is 19.3 Å². The van der Waals surface area contributed by atoms with Gasteiger partial charge in [-0.2, -0.15) is 0 Å².